The van der Waals surface area contributed by atoms with Gasteiger partial charge < -0.3 is 14.4 Å². The zero-order valence-electron chi connectivity index (χ0n) is 20.5. The molecule has 1 fully saturated rings. The van der Waals surface area contributed by atoms with Crippen molar-refractivity contribution < 1.29 is 27.4 Å². The van der Waals surface area contributed by atoms with Crippen molar-refractivity contribution in [3.63, 3.8) is 0 Å². The first kappa shape index (κ1) is 26.7. The molecule has 10 heteroatoms. The van der Waals surface area contributed by atoms with Crippen molar-refractivity contribution in [2.24, 2.45) is 0 Å². The zero-order chi connectivity index (χ0) is 25.8. The summed E-state index contributed by atoms with van der Waals surface area (Å²) in [7, 11) is 1.51. The minimum atomic E-state index is -4.79. The molecule has 1 aromatic carbocycles. The van der Waals surface area contributed by atoms with Gasteiger partial charge in [-0.05, 0) is 63.9 Å². The number of carbonyl (C=O) groups excluding carboxylic acids is 1. The van der Waals surface area contributed by atoms with Crippen molar-refractivity contribution >= 4 is 5.97 Å². The van der Waals surface area contributed by atoms with Gasteiger partial charge in [0.05, 0.1) is 25.8 Å². The molecule has 0 N–H and O–H groups in total. The van der Waals surface area contributed by atoms with Gasteiger partial charge in [0, 0.05) is 19.0 Å². The number of rotatable bonds is 7. The van der Waals surface area contributed by atoms with Crippen LogP contribution in [0.1, 0.15) is 62.8 Å². The third-order valence-electron chi connectivity index (χ3n) is 5.77. The Labute approximate surface area is 202 Å². The van der Waals surface area contributed by atoms with E-state index in [1.165, 1.54) is 7.11 Å². The highest BCUT2D eigenvalue weighted by atomic mass is 19.4. The maximum Gasteiger partial charge on any atom is 0.421 e. The van der Waals surface area contributed by atoms with Gasteiger partial charge in [-0.3, -0.25) is 9.59 Å². The van der Waals surface area contributed by atoms with Crippen LogP contribution in [0.2, 0.25) is 0 Å². The van der Waals surface area contributed by atoms with Crippen LogP contribution in [0.15, 0.2) is 35.1 Å². The summed E-state index contributed by atoms with van der Waals surface area (Å²) in [4.78, 5) is 26.7. The van der Waals surface area contributed by atoms with Crippen LogP contribution in [0, 0.1) is 0 Å². The molecule has 0 aliphatic carbocycles. The monoisotopic (exact) mass is 495 g/mol. The highest BCUT2D eigenvalue weighted by Crippen LogP contribution is 2.31. The molecular formula is C25H32F3N3O4. The Kier molecular flexibility index (Phi) is 8.25. The number of carbonyl (C=O) groups is 1. The Balaban J connectivity index is 1.81. The van der Waals surface area contributed by atoms with Crippen molar-refractivity contribution in [3.05, 3.63) is 57.5 Å². The van der Waals surface area contributed by atoms with E-state index < -0.39 is 22.9 Å². The van der Waals surface area contributed by atoms with Gasteiger partial charge in [0.25, 0.3) is 5.56 Å². The Morgan fingerprint density at radius 3 is 2.46 bits per heavy atom. The van der Waals surface area contributed by atoms with Gasteiger partial charge in [0.1, 0.15) is 16.9 Å². The van der Waals surface area contributed by atoms with Crippen LogP contribution in [0.5, 0.6) is 5.75 Å². The summed E-state index contributed by atoms with van der Waals surface area (Å²) in [6.45, 7) is 6.94. The van der Waals surface area contributed by atoms with Crippen molar-refractivity contribution in [1.82, 2.24) is 14.7 Å². The smallest absolute Gasteiger partial charge is 0.421 e. The molecule has 1 aliphatic heterocycles. The van der Waals surface area contributed by atoms with E-state index in [0.29, 0.717) is 30.8 Å². The molecule has 0 spiro atoms. The fourth-order valence-electron chi connectivity index (χ4n) is 4.12. The summed E-state index contributed by atoms with van der Waals surface area (Å²) < 4.78 is 52.5. The fourth-order valence-corrected chi connectivity index (χ4v) is 4.12. The Bertz CT molecular complexity index is 1080. The summed E-state index contributed by atoms with van der Waals surface area (Å²) in [5.41, 5.74) is -2.10. The van der Waals surface area contributed by atoms with Crippen LogP contribution in [0.3, 0.4) is 0 Å². The average Bonchev–Trinajstić information content (AvgIpc) is 2.78. The number of hydrogen-bond donors (Lipinski definition) is 0. The van der Waals surface area contributed by atoms with Gasteiger partial charge in [0.2, 0.25) is 0 Å². The lowest BCUT2D eigenvalue weighted by Crippen LogP contribution is -2.38. The van der Waals surface area contributed by atoms with Crippen molar-refractivity contribution in [2.45, 2.75) is 64.3 Å². The molecule has 192 valence electrons. The van der Waals surface area contributed by atoms with Crippen LogP contribution >= 0.6 is 0 Å². The van der Waals surface area contributed by atoms with Crippen LogP contribution in [-0.4, -0.2) is 53.0 Å². The largest absolute Gasteiger partial charge is 0.497 e. The molecule has 1 aliphatic rings. The molecule has 2 heterocycles. The molecule has 1 unspecified atom stereocenters. The molecule has 35 heavy (non-hydrogen) atoms. The molecular weight excluding hydrogens is 463 g/mol. The molecule has 0 bridgehead atoms. The van der Waals surface area contributed by atoms with Crippen molar-refractivity contribution in [3.8, 4) is 5.75 Å². The lowest BCUT2D eigenvalue weighted by Gasteiger charge is -2.32. The van der Waals surface area contributed by atoms with E-state index in [1.54, 1.807) is 45.0 Å². The number of ether oxygens (including phenoxy) is 2. The van der Waals surface area contributed by atoms with Gasteiger partial charge >= 0.3 is 12.1 Å². The van der Waals surface area contributed by atoms with E-state index in [2.05, 4.69) is 5.10 Å². The normalized spacial score (nSPS) is 17.3. The Morgan fingerprint density at radius 2 is 1.86 bits per heavy atom. The number of likely N-dealkylation sites (tertiary alicyclic amines) is 1. The van der Waals surface area contributed by atoms with Crippen LogP contribution < -0.4 is 10.3 Å². The number of nitrogens with zero attached hydrogens (tertiary/aromatic N) is 3. The summed E-state index contributed by atoms with van der Waals surface area (Å²) in [5.74, 6) is 0.00353. The molecule has 7 nitrogen and oxygen atoms in total. The predicted molar refractivity (Wildman–Crippen MR) is 124 cm³/mol. The van der Waals surface area contributed by atoms with Gasteiger partial charge in [-0.2, -0.15) is 18.3 Å². The summed E-state index contributed by atoms with van der Waals surface area (Å²) in [6.07, 6.45) is -3.20. The summed E-state index contributed by atoms with van der Waals surface area (Å²) in [6, 6.07) is 7.61. The standard InChI is InChI=1S/C25H32F3N3O4/c1-24(2,3)35-22(32)11-13-30-12-5-6-18(16-30)21-14-20(25(26,27)28)23(33)31(29-21)15-17-7-9-19(34-4)10-8-17/h7-10,14,18H,5-6,11-13,15-16H2,1-4H3. The first-order valence-electron chi connectivity index (χ1n) is 11.6. The second-order valence-electron chi connectivity index (χ2n) is 9.77. The fraction of sp³-hybridized carbons (Fsp3) is 0.560. The number of benzene rings is 1. The summed E-state index contributed by atoms with van der Waals surface area (Å²) in [5, 5.41) is 4.34. The summed E-state index contributed by atoms with van der Waals surface area (Å²) >= 11 is 0. The maximum atomic E-state index is 13.7. The first-order valence-corrected chi connectivity index (χ1v) is 11.6. The molecule has 0 amide bonds. The molecule has 1 saturated heterocycles. The lowest BCUT2D eigenvalue weighted by atomic mass is 9.93. The van der Waals surface area contributed by atoms with Crippen molar-refractivity contribution in [1.29, 1.82) is 0 Å². The Hall–Kier alpha value is -2.88. The number of alkyl halides is 3. The highest BCUT2D eigenvalue weighted by Gasteiger charge is 2.37. The van der Waals surface area contributed by atoms with E-state index in [4.69, 9.17) is 9.47 Å². The number of piperidine rings is 1. The van der Waals surface area contributed by atoms with Crippen molar-refractivity contribution in [2.75, 3.05) is 26.7 Å². The third kappa shape index (κ3) is 7.55. The number of esters is 1. The Morgan fingerprint density at radius 1 is 1.17 bits per heavy atom. The SMILES string of the molecule is COc1ccc(Cn2nc(C3CCCN(CCC(=O)OC(C)(C)C)C3)cc(C(F)(F)F)c2=O)cc1. The predicted octanol–water partition coefficient (Wildman–Crippen LogP) is 4.23. The van der Waals surface area contributed by atoms with Gasteiger partial charge in [-0.1, -0.05) is 12.1 Å². The second kappa shape index (κ2) is 10.8. The number of hydrogen-bond acceptors (Lipinski definition) is 6. The lowest BCUT2D eigenvalue weighted by molar-refractivity contribution is -0.155. The van der Waals surface area contributed by atoms with E-state index >= 15 is 0 Å². The molecule has 0 radical (unpaired) electrons. The van der Waals surface area contributed by atoms with Gasteiger partial charge in [-0.25, -0.2) is 4.68 Å². The van der Waals surface area contributed by atoms with Gasteiger partial charge in [-0.15, -0.1) is 0 Å². The number of aromatic nitrogens is 2. The van der Waals surface area contributed by atoms with Crippen LogP contribution in [-0.2, 0) is 22.3 Å². The molecule has 1 atom stereocenters. The molecule has 2 aromatic rings. The first-order chi connectivity index (χ1) is 16.4. The third-order valence-corrected chi connectivity index (χ3v) is 5.77. The van der Waals surface area contributed by atoms with E-state index in [-0.39, 0.29) is 30.5 Å². The van der Waals surface area contributed by atoms with Crippen LogP contribution in [0.4, 0.5) is 13.2 Å². The molecule has 0 saturated carbocycles. The number of methoxy groups -OCH3 is 1. The van der Waals surface area contributed by atoms with Crippen LogP contribution in [0.25, 0.3) is 0 Å². The van der Waals surface area contributed by atoms with E-state index in [1.807, 2.05) is 4.90 Å². The molecule has 3 rings (SSSR count). The van der Waals surface area contributed by atoms with E-state index in [0.717, 1.165) is 23.7 Å². The highest BCUT2D eigenvalue weighted by molar-refractivity contribution is 5.70. The topological polar surface area (TPSA) is 73.7 Å². The maximum absolute atomic E-state index is 13.7. The minimum Gasteiger partial charge on any atom is -0.497 e. The quantitative estimate of drug-likeness (QED) is 0.536. The zero-order valence-corrected chi connectivity index (χ0v) is 20.5. The minimum absolute atomic E-state index is 0.0885. The molecule has 1 aromatic heterocycles. The van der Waals surface area contributed by atoms with Gasteiger partial charge in [0.15, 0.2) is 0 Å². The second-order valence-corrected chi connectivity index (χ2v) is 9.77. The average molecular weight is 496 g/mol. The number of halogens is 3. The van der Waals surface area contributed by atoms with E-state index in [9.17, 15) is 22.8 Å².